The molecule has 1 heterocycles. The zero-order valence-corrected chi connectivity index (χ0v) is 9.79. The van der Waals surface area contributed by atoms with Gasteiger partial charge in [0.1, 0.15) is 0 Å². The van der Waals surface area contributed by atoms with Gasteiger partial charge in [0, 0.05) is 24.0 Å². The Morgan fingerprint density at radius 3 is 2.78 bits per heavy atom. The molecule has 0 unspecified atom stereocenters. The molecule has 0 saturated heterocycles. The molecule has 7 heteroatoms. The van der Waals surface area contributed by atoms with Crippen molar-refractivity contribution in [2.24, 2.45) is 0 Å². The molecule has 0 radical (unpaired) electrons. The number of pyridine rings is 1. The molecule has 2 aromatic rings. The molecule has 0 spiro atoms. The van der Waals surface area contributed by atoms with Crippen molar-refractivity contribution >= 4 is 23.0 Å². The van der Waals surface area contributed by atoms with Gasteiger partial charge in [-0.25, -0.2) is 4.98 Å². The Morgan fingerprint density at radius 2 is 2.11 bits per heavy atom. The van der Waals surface area contributed by atoms with Gasteiger partial charge in [-0.05, 0) is 12.1 Å². The number of aromatic nitrogens is 1. The molecule has 1 aromatic carbocycles. The van der Waals surface area contributed by atoms with Gasteiger partial charge < -0.3 is 10.5 Å². The third kappa shape index (κ3) is 2.67. The Kier molecular flexibility index (Phi) is 3.29. The lowest BCUT2D eigenvalue weighted by molar-refractivity contribution is -0.384. The van der Waals surface area contributed by atoms with Crippen LogP contribution in [-0.4, -0.2) is 9.91 Å². The highest BCUT2D eigenvalue weighted by Gasteiger charge is 2.12. The number of nitrogens with zero attached hydrogens (tertiary/aromatic N) is 2. The molecule has 0 saturated carbocycles. The van der Waals surface area contributed by atoms with E-state index in [2.05, 4.69) is 4.98 Å². The van der Waals surface area contributed by atoms with E-state index in [1.165, 1.54) is 30.5 Å². The number of rotatable bonds is 3. The molecule has 92 valence electrons. The number of anilines is 1. The molecule has 18 heavy (non-hydrogen) atoms. The fraction of sp³-hybridized carbons (Fsp3) is 0. The molecule has 0 aliphatic rings. The van der Waals surface area contributed by atoms with Crippen molar-refractivity contribution in [1.29, 1.82) is 0 Å². The maximum absolute atomic E-state index is 10.6. The molecule has 1 aromatic heterocycles. The van der Waals surface area contributed by atoms with Crippen molar-refractivity contribution in [2.75, 3.05) is 5.73 Å². The quantitative estimate of drug-likeness (QED) is 0.680. The first-order valence-electron chi connectivity index (χ1n) is 4.89. The molecule has 0 aliphatic carbocycles. The Labute approximate surface area is 107 Å². The SMILES string of the molecule is Nc1ccnc(Oc2cc([N+](=O)[O-])ccc2Cl)c1. The third-order valence-corrected chi connectivity index (χ3v) is 2.41. The van der Waals surface area contributed by atoms with Gasteiger partial charge in [-0.2, -0.15) is 0 Å². The van der Waals surface area contributed by atoms with Crippen LogP contribution in [0.1, 0.15) is 0 Å². The van der Waals surface area contributed by atoms with E-state index in [4.69, 9.17) is 22.1 Å². The largest absolute Gasteiger partial charge is 0.437 e. The molecular formula is C11H8ClN3O3. The summed E-state index contributed by atoms with van der Waals surface area (Å²) < 4.78 is 5.35. The van der Waals surface area contributed by atoms with E-state index in [-0.39, 0.29) is 22.3 Å². The van der Waals surface area contributed by atoms with Crippen LogP contribution in [0.4, 0.5) is 11.4 Å². The van der Waals surface area contributed by atoms with Gasteiger partial charge in [0.15, 0.2) is 5.75 Å². The molecule has 2 rings (SSSR count). The van der Waals surface area contributed by atoms with Crippen LogP contribution < -0.4 is 10.5 Å². The van der Waals surface area contributed by atoms with Gasteiger partial charge in [-0.1, -0.05) is 11.6 Å². The summed E-state index contributed by atoms with van der Waals surface area (Å²) in [6, 6.07) is 7.01. The Morgan fingerprint density at radius 1 is 1.33 bits per heavy atom. The van der Waals surface area contributed by atoms with E-state index in [9.17, 15) is 10.1 Å². The van der Waals surface area contributed by atoms with Crippen molar-refractivity contribution in [2.45, 2.75) is 0 Å². The maximum atomic E-state index is 10.6. The third-order valence-electron chi connectivity index (χ3n) is 2.10. The number of nitrogens with two attached hydrogens (primary N) is 1. The molecule has 2 N–H and O–H groups in total. The standard InChI is InChI=1S/C11H8ClN3O3/c12-9-2-1-8(15(16)17)6-10(9)18-11-5-7(13)3-4-14-11/h1-6H,(H2,13,14). The summed E-state index contributed by atoms with van der Waals surface area (Å²) in [5.74, 6) is 0.376. The summed E-state index contributed by atoms with van der Waals surface area (Å²) >= 11 is 5.88. The predicted octanol–water partition coefficient (Wildman–Crippen LogP) is 3.02. The molecule has 0 amide bonds. The summed E-state index contributed by atoms with van der Waals surface area (Å²) in [6.45, 7) is 0. The normalized spacial score (nSPS) is 10.1. The second kappa shape index (κ2) is 4.89. The number of nitro groups is 1. The number of non-ortho nitro benzene ring substituents is 1. The number of nitrogen functional groups attached to an aromatic ring is 1. The van der Waals surface area contributed by atoms with Gasteiger partial charge in [0.2, 0.25) is 5.88 Å². The average Bonchev–Trinajstić information content (AvgIpc) is 2.31. The van der Waals surface area contributed by atoms with Crippen molar-refractivity contribution in [3.05, 3.63) is 51.7 Å². The molecule has 6 nitrogen and oxygen atoms in total. The van der Waals surface area contributed by atoms with Gasteiger partial charge in [-0.15, -0.1) is 0 Å². The van der Waals surface area contributed by atoms with Gasteiger partial charge in [0.05, 0.1) is 16.0 Å². The lowest BCUT2D eigenvalue weighted by Crippen LogP contribution is -1.93. The Hall–Kier alpha value is -2.34. The van der Waals surface area contributed by atoms with Crippen LogP contribution in [0.25, 0.3) is 0 Å². The fourth-order valence-electron chi connectivity index (χ4n) is 1.28. The van der Waals surface area contributed by atoms with Crippen molar-refractivity contribution in [3.63, 3.8) is 0 Å². The topological polar surface area (TPSA) is 91.3 Å². The monoisotopic (exact) mass is 265 g/mol. The second-order valence-corrected chi connectivity index (χ2v) is 3.81. The number of ether oxygens (including phenoxy) is 1. The van der Waals surface area contributed by atoms with Crippen LogP contribution in [0.15, 0.2) is 36.5 Å². The van der Waals surface area contributed by atoms with Crippen LogP contribution in [0, 0.1) is 10.1 Å². The lowest BCUT2D eigenvalue weighted by Gasteiger charge is -2.06. The molecule has 0 atom stereocenters. The predicted molar refractivity (Wildman–Crippen MR) is 66.8 cm³/mol. The van der Waals surface area contributed by atoms with Crippen molar-refractivity contribution in [3.8, 4) is 11.6 Å². The highest BCUT2D eigenvalue weighted by molar-refractivity contribution is 6.32. The molecule has 0 bridgehead atoms. The van der Waals surface area contributed by atoms with Crippen LogP contribution in [-0.2, 0) is 0 Å². The summed E-state index contributed by atoms with van der Waals surface area (Å²) in [4.78, 5) is 14.0. The van der Waals surface area contributed by atoms with Crippen LogP contribution >= 0.6 is 11.6 Å². The molecular weight excluding hydrogens is 258 g/mol. The first kappa shape index (κ1) is 12.1. The first-order chi connectivity index (χ1) is 8.56. The minimum atomic E-state index is -0.532. The zero-order valence-electron chi connectivity index (χ0n) is 9.04. The summed E-state index contributed by atoms with van der Waals surface area (Å²) in [5, 5.41) is 10.9. The summed E-state index contributed by atoms with van der Waals surface area (Å²) in [5.41, 5.74) is 5.93. The molecule has 0 fully saturated rings. The van der Waals surface area contributed by atoms with Gasteiger partial charge in [0.25, 0.3) is 5.69 Å². The van der Waals surface area contributed by atoms with Gasteiger partial charge in [-0.3, -0.25) is 10.1 Å². The minimum Gasteiger partial charge on any atom is -0.437 e. The number of nitro benzene ring substituents is 1. The van der Waals surface area contributed by atoms with E-state index in [1.54, 1.807) is 6.07 Å². The van der Waals surface area contributed by atoms with E-state index >= 15 is 0 Å². The highest BCUT2D eigenvalue weighted by Crippen LogP contribution is 2.32. The smallest absolute Gasteiger partial charge is 0.273 e. The zero-order chi connectivity index (χ0) is 13.1. The van der Waals surface area contributed by atoms with Gasteiger partial charge >= 0.3 is 0 Å². The van der Waals surface area contributed by atoms with Crippen molar-refractivity contribution < 1.29 is 9.66 Å². The first-order valence-corrected chi connectivity index (χ1v) is 5.27. The molecule has 0 aliphatic heterocycles. The van der Waals surface area contributed by atoms with E-state index in [0.717, 1.165) is 0 Å². The lowest BCUT2D eigenvalue weighted by atomic mass is 10.3. The van der Waals surface area contributed by atoms with E-state index in [1.807, 2.05) is 0 Å². The Balaban J connectivity index is 2.33. The highest BCUT2D eigenvalue weighted by atomic mass is 35.5. The fourth-order valence-corrected chi connectivity index (χ4v) is 1.43. The number of hydrogen-bond acceptors (Lipinski definition) is 5. The summed E-state index contributed by atoms with van der Waals surface area (Å²) in [7, 11) is 0. The van der Waals surface area contributed by atoms with Crippen LogP contribution in [0.2, 0.25) is 5.02 Å². The number of halogens is 1. The summed E-state index contributed by atoms with van der Waals surface area (Å²) in [6.07, 6.45) is 1.47. The average molecular weight is 266 g/mol. The minimum absolute atomic E-state index is 0.113. The number of benzene rings is 1. The van der Waals surface area contributed by atoms with Crippen LogP contribution in [0.5, 0.6) is 11.6 Å². The van der Waals surface area contributed by atoms with Crippen molar-refractivity contribution in [1.82, 2.24) is 4.98 Å². The van der Waals surface area contributed by atoms with E-state index < -0.39 is 4.92 Å². The second-order valence-electron chi connectivity index (χ2n) is 3.40. The van der Waals surface area contributed by atoms with E-state index in [0.29, 0.717) is 5.69 Å². The maximum Gasteiger partial charge on any atom is 0.273 e. The number of hydrogen-bond donors (Lipinski definition) is 1. The van der Waals surface area contributed by atoms with Crippen LogP contribution in [0.3, 0.4) is 0 Å². The Bertz CT molecular complexity index is 604.